The largest absolute Gasteiger partial charge is 0.298 e. The zero-order valence-electron chi connectivity index (χ0n) is 7.47. The van der Waals surface area contributed by atoms with Gasteiger partial charge in [0.1, 0.15) is 5.78 Å². The highest BCUT2D eigenvalue weighted by Gasteiger charge is 2.12. The third kappa shape index (κ3) is 2.64. The molecule has 1 unspecified atom stereocenters. The van der Waals surface area contributed by atoms with E-state index < -0.39 is 0 Å². The van der Waals surface area contributed by atoms with E-state index in [1.54, 1.807) is 6.92 Å². The highest BCUT2D eigenvalue weighted by Crippen LogP contribution is 2.27. The predicted molar refractivity (Wildman–Crippen MR) is 61.2 cm³/mol. The van der Waals surface area contributed by atoms with Crippen molar-refractivity contribution in [2.45, 2.75) is 18.7 Å². The van der Waals surface area contributed by atoms with Gasteiger partial charge in [0.05, 0.1) is 4.83 Å². The van der Waals surface area contributed by atoms with Crippen molar-refractivity contribution >= 4 is 37.6 Å². The number of benzene rings is 1. The third-order valence-electron chi connectivity index (χ3n) is 1.83. The van der Waals surface area contributed by atoms with Gasteiger partial charge in [-0.25, -0.2) is 0 Å². The fourth-order valence-electron chi connectivity index (χ4n) is 1.06. The lowest BCUT2D eigenvalue weighted by atomic mass is 10.1. The molecule has 0 N–H and O–H groups in total. The first-order valence-electron chi connectivity index (χ1n) is 3.93. The van der Waals surface area contributed by atoms with Crippen molar-refractivity contribution in [2.24, 2.45) is 0 Å². The van der Waals surface area contributed by atoms with Gasteiger partial charge in [0.15, 0.2) is 0 Å². The number of carbonyl (C=O) groups is 1. The van der Waals surface area contributed by atoms with Crippen LogP contribution in [-0.2, 0) is 4.79 Å². The van der Waals surface area contributed by atoms with Gasteiger partial charge in [-0.2, -0.15) is 0 Å². The molecule has 0 fully saturated rings. The van der Waals surface area contributed by atoms with E-state index in [0.717, 1.165) is 15.6 Å². The van der Waals surface area contributed by atoms with E-state index >= 15 is 0 Å². The Morgan fingerprint density at radius 1 is 1.46 bits per heavy atom. The summed E-state index contributed by atoms with van der Waals surface area (Å²) in [6.45, 7) is 3.59. The second-order valence-corrected chi connectivity index (χ2v) is 4.75. The van der Waals surface area contributed by atoms with Crippen molar-refractivity contribution < 1.29 is 4.79 Å². The summed E-state index contributed by atoms with van der Waals surface area (Å²) < 4.78 is 1.07. The van der Waals surface area contributed by atoms with E-state index in [1.807, 2.05) is 25.1 Å². The Bertz CT molecular complexity index is 334. The number of ketones is 1. The molecule has 1 aromatic rings. The number of rotatable bonds is 2. The third-order valence-corrected chi connectivity index (χ3v) is 3.89. The Kier molecular flexibility index (Phi) is 3.68. The molecule has 0 aromatic heterocycles. The molecule has 0 aliphatic heterocycles. The van der Waals surface area contributed by atoms with Crippen LogP contribution in [0, 0.1) is 6.92 Å². The van der Waals surface area contributed by atoms with E-state index in [9.17, 15) is 4.79 Å². The zero-order chi connectivity index (χ0) is 10.0. The first-order valence-corrected chi connectivity index (χ1v) is 5.64. The van der Waals surface area contributed by atoms with Gasteiger partial charge >= 0.3 is 0 Å². The number of aryl methyl sites for hydroxylation is 1. The second kappa shape index (κ2) is 4.38. The first kappa shape index (κ1) is 10.9. The normalized spacial score (nSPS) is 12.6. The van der Waals surface area contributed by atoms with E-state index in [4.69, 9.17) is 0 Å². The topological polar surface area (TPSA) is 17.1 Å². The van der Waals surface area contributed by atoms with Gasteiger partial charge in [0.25, 0.3) is 0 Å². The van der Waals surface area contributed by atoms with Gasteiger partial charge in [0.2, 0.25) is 0 Å². The summed E-state index contributed by atoms with van der Waals surface area (Å²) in [5.74, 6) is 0.127. The fourth-order valence-corrected chi connectivity index (χ4v) is 1.59. The van der Waals surface area contributed by atoms with Crippen molar-refractivity contribution in [3.63, 3.8) is 0 Å². The number of carbonyl (C=O) groups excluding carboxylic acids is 1. The van der Waals surface area contributed by atoms with Crippen molar-refractivity contribution in [3.8, 4) is 0 Å². The molecule has 3 heteroatoms. The van der Waals surface area contributed by atoms with Crippen LogP contribution in [0.1, 0.15) is 22.9 Å². The lowest BCUT2D eigenvalue weighted by molar-refractivity contribution is -0.116. The molecule has 0 spiro atoms. The van der Waals surface area contributed by atoms with Crippen LogP contribution in [0.4, 0.5) is 0 Å². The quantitative estimate of drug-likeness (QED) is 0.760. The summed E-state index contributed by atoms with van der Waals surface area (Å²) in [6, 6.07) is 5.91. The lowest BCUT2D eigenvalue weighted by Gasteiger charge is -2.07. The van der Waals surface area contributed by atoms with Crippen molar-refractivity contribution in [1.82, 2.24) is 0 Å². The monoisotopic (exact) mass is 304 g/mol. The molecular formula is C10H10Br2O. The molecule has 0 amide bonds. The van der Waals surface area contributed by atoms with Crippen molar-refractivity contribution in [2.75, 3.05) is 0 Å². The molecule has 0 aliphatic carbocycles. The average Bonchev–Trinajstić information content (AvgIpc) is 2.08. The molecule has 13 heavy (non-hydrogen) atoms. The Morgan fingerprint density at radius 3 is 2.54 bits per heavy atom. The summed E-state index contributed by atoms with van der Waals surface area (Å²) in [7, 11) is 0. The zero-order valence-corrected chi connectivity index (χ0v) is 10.6. The molecule has 0 aliphatic rings. The van der Waals surface area contributed by atoms with Crippen LogP contribution in [0.5, 0.6) is 0 Å². The van der Waals surface area contributed by atoms with Crippen LogP contribution in [0.25, 0.3) is 0 Å². The molecule has 1 rings (SSSR count). The number of hydrogen-bond donors (Lipinski definition) is 0. The smallest absolute Gasteiger partial charge is 0.147 e. The maximum atomic E-state index is 11.1. The number of halogens is 2. The van der Waals surface area contributed by atoms with E-state index in [0.29, 0.717) is 0 Å². The summed E-state index contributed by atoms with van der Waals surface area (Å²) in [5, 5.41) is 0. The van der Waals surface area contributed by atoms with Crippen LogP contribution < -0.4 is 0 Å². The highest BCUT2D eigenvalue weighted by atomic mass is 79.9. The van der Waals surface area contributed by atoms with Gasteiger partial charge in [-0.05, 0) is 31.0 Å². The van der Waals surface area contributed by atoms with Crippen LogP contribution in [0.15, 0.2) is 22.7 Å². The van der Waals surface area contributed by atoms with Crippen molar-refractivity contribution in [1.29, 1.82) is 0 Å². The molecule has 0 saturated heterocycles. The Morgan fingerprint density at radius 2 is 2.08 bits per heavy atom. The highest BCUT2D eigenvalue weighted by molar-refractivity contribution is 9.10. The fraction of sp³-hybridized carbons (Fsp3) is 0.300. The number of alkyl halides is 1. The molecule has 0 bridgehead atoms. The second-order valence-electron chi connectivity index (χ2n) is 2.98. The molecule has 0 radical (unpaired) electrons. The van der Waals surface area contributed by atoms with E-state index in [1.165, 1.54) is 0 Å². The minimum Gasteiger partial charge on any atom is -0.298 e. The maximum Gasteiger partial charge on any atom is 0.147 e. The van der Waals surface area contributed by atoms with Crippen LogP contribution in [0.2, 0.25) is 0 Å². The van der Waals surface area contributed by atoms with Gasteiger partial charge < -0.3 is 0 Å². The van der Waals surface area contributed by atoms with E-state index in [-0.39, 0.29) is 10.6 Å². The molecule has 0 saturated carbocycles. The molecule has 1 nitrogen and oxygen atoms in total. The number of Topliss-reactive ketones (excluding diaryl/α,β-unsaturated/α-hetero) is 1. The van der Waals surface area contributed by atoms with Gasteiger partial charge in [0, 0.05) is 4.47 Å². The van der Waals surface area contributed by atoms with Gasteiger partial charge in [-0.15, -0.1) is 0 Å². The standard InChI is InChI=1S/C10H10Br2O/c1-6-5-8(3-4-9(6)11)10(12)7(2)13/h3-5,10H,1-2H3. The Hall–Kier alpha value is -0.150. The summed E-state index contributed by atoms with van der Waals surface area (Å²) in [4.78, 5) is 10.9. The van der Waals surface area contributed by atoms with Crippen molar-refractivity contribution in [3.05, 3.63) is 33.8 Å². The molecular weight excluding hydrogens is 296 g/mol. The van der Waals surface area contributed by atoms with Crippen LogP contribution in [-0.4, -0.2) is 5.78 Å². The Labute approximate surface area is 94.8 Å². The minimum absolute atomic E-state index is 0.127. The van der Waals surface area contributed by atoms with Gasteiger partial charge in [-0.1, -0.05) is 44.0 Å². The molecule has 70 valence electrons. The maximum absolute atomic E-state index is 11.1. The molecule has 0 heterocycles. The summed E-state index contributed by atoms with van der Waals surface area (Å²) in [6.07, 6.45) is 0. The van der Waals surface area contributed by atoms with E-state index in [2.05, 4.69) is 31.9 Å². The lowest BCUT2D eigenvalue weighted by Crippen LogP contribution is -2.00. The predicted octanol–water partition coefficient (Wildman–Crippen LogP) is 3.78. The Balaban J connectivity index is 3.03. The minimum atomic E-state index is -0.181. The van der Waals surface area contributed by atoms with Crippen LogP contribution in [0.3, 0.4) is 0 Å². The van der Waals surface area contributed by atoms with Crippen LogP contribution >= 0.6 is 31.9 Å². The molecule has 1 aromatic carbocycles. The average molecular weight is 306 g/mol. The summed E-state index contributed by atoms with van der Waals surface area (Å²) in [5.41, 5.74) is 2.15. The number of hydrogen-bond acceptors (Lipinski definition) is 1. The first-order chi connectivity index (χ1) is 6.02. The molecule has 1 atom stereocenters. The summed E-state index contributed by atoms with van der Waals surface area (Å²) >= 11 is 6.76. The SMILES string of the molecule is CC(=O)C(Br)c1ccc(Br)c(C)c1. The van der Waals surface area contributed by atoms with Gasteiger partial charge in [-0.3, -0.25) is 4.79 Å².